The van der Waals surface area contributed by atoms with Crippen LogP contribution in [0.3, 0.4) is 0 Å². The molecule has 0 aliphatic heterocycles. The summed E-state index contributed by atoms with van der Waals surface area (Å²) in [5.74, 6) is 1.46. The minimum Gasteiger partial charge on any atom is -0.493 e. The van der Waals surface area contributed by atoms with Crippen molar-refractivity contribution in [2.45, 2.75) is 20.0 Å². The zero-order valence-corrected chi connectivity index (χ0v) is 12.0. The molecule has 1 aromatic carbocycles. The predicted octanol–water partition coefficient (Wildman–Crippen LogP) is 2.54. The van der Waals surface area contributed by atoms with Gasteiger partial charge < -0.3 is 15.2 Å². The highest BCUT2D eigenvalue weighted by Crippen LogP contribution is 2.29. The molecule has 0 atom stereocenters. The molecular weight excluding hydrogens is 260 g/mol. The van der Waals surface area contributed by atoms with Gasteiger partial charge in [-0.15, -0.1) is 11.3 Å². The molecule has 19 heavy (non-hydrogen) atoms. The molecule has 0 bridgehead atoms. The van der Waals surface area contributed by atoms with Crippen molar-refractivity contribution in [2.24, 2.45) is 5.73 Å². The standard InChI is InChI=1S/C14H18N2O2S/c1-10-16-12(9-19-10)8-18-14-7-11(5-6-15)3-4-13(14)17-2/h3-4,7,9H,5-6,8,15H2,1-2H3. The van der Waals surface area contributed by atoms with Crippen molar-refractivity contribution in [1.29, 1.82) is 0 Å². The summed E-state index contributed by atoms with van der Waals surface area (Å²) in [6, 6.07) is 5.89. The zero-order valence-electron chi connectivity index (χ0n) is 11.2. The van der Waals surface area contributed by atoms with Crippen LogP contribution in [0.4, 0.5) is 0 Å². The molecule has 0 radical (unpaired) electrons. The molecule has 102 valence electrons. The molecule has 5 heteroatoms. The monoisotopic (exact) mass is 278 g/mol. The van der Waals surface area contributed by atoms with Crippen LogP contribution in [0.2, 0.25) is 0 Å². The van der Waals surface area contributed by atoms with Gasteiger partial charge in [0.2, 0.25) is 0 Å². The maximum atomic E-state index is 5.79. The highest BCUT2D eigenvalue weighted by atomic mass is 32.1. The summed E-state index contributed by atoms with van der Waals surface area (Å²) in [5, 5.41) is 3.05. The summed E-state index contributed by atoms with van der Waals surface area (Å²) in [6.07, 6.45) is 0.830. The number of nitrogens with zero attached hydrogens (tertiary/aromatic N) is 1. The van der Waals surface area contributed by atoms with E-state index in [4.69, 9.17) is 15.2 Å². The van der Waals surface area contributed by atoms with Gasteiger partial charge in [0.05, 0.1) is 17.8 Å². The number of methoxy groups -OCH3 is 1. The average Bonchev–Trinajstić information content (AvgIpc) is 2.83. The van der Waals surface area contributed by atoms with E-state index < -0.39 is 0 Å². The summed E-state index contributed by atoms with van der Waals surface area (Å²) in [6.45, 7) is 3.06. The van der Waals surface area contributed by atoms with Crippen molar-refractivity contribution < 1.29 is 9.47 Å². The number of ether oxygens (including phenoxy) is 2. The first-order valence-electron chi connectivity index (χ1n) is 6.13. The summed E-state index contributed by atoms with van der Waals surface area (Å²) < 4.78 is 11.1. The lowest BCUT2D eigenvalue weighted by molar-refractivity contribution is 0.281. The van der Waals surface area contributed by atoms with Gasteiger partial charge in [0.15, 0.2) is 11.5 Å². The molecule has 0 saturated carbocycles. The lowest BCUT2D eigenvalue weighted by Gasteiger charge is -2.11. The van der Waals surface area contributed by atoms with Crippen LogP contribution in [-0.2, 0) is 13.0 Å². The van der Waals surface area contributed by atoms with E-state index in [-0.39, 0.29) is 0 Å². The van der Waals surface area contributed by atoms with Crippen LogP contribution < -0.4 is 15.2 Å². The molecule has 4 nitrogen and oxygen atoms in total. The molecule has 1 heterocycles. The van der Waals surface area contributed by atoms with E-state index >= 15 is 0 Å². The van der Waals surface area contributed by atoms with E-state index in [0.29, 0.717) is 13.2 Å². The molecule has 0 unspecified atom stereocenters. The molecule has 2 N–H and O–H groups in total. The molecule has 1 aromatic heterocycles. The Morgan fingerprint density at radius 3 is 2.79 bits per heavy atom. The quantitative estimate of drug-likeness (QED) is 0.882. The van der Waals surface area contributed by atoms with Crippen LogP contribution >= 0.6 is 11.3 Å². The first-order valence-corrected chi connectivity index (χ1v) is 7.01. The van der Waals surface area contributed by atoms with E-state index in [1.165, 1.54) is 0 Å². The third kappa shape index (κ3) is 3.68. The topological polar surface area (TPSA) is 57.4 Å². The molecule has 0 aliphatic rings. The van der Waals surface area contributed by atoms with E-state index in [2.05, 4.69) is 4.98 Å². The van der Waals surface area contributed by atoms with Crippen LogP contribution in [0, 0.1) is 6.92 Å². The van der Waals surface area contributed by atoms with Crippen molar-refractivity contribution in [2.75, 3.05) is 13.7 Å². The molecule has 2 rings (SSSR count). The van der Waals surface area contributed by atoms with Gasteiger partial charge in [-0.3, -0.25) is 0 Å². The van der Waals surface area contributed by atoms with Gasteiger partial charge in [0.1, 0.15) is 6.61 Å². The fraction of sp³-hybridized carbons (Fsp3) is 0.357. The molecule has 0 amide bonds. The van der Waals surface area contributed by atoms with E-state index in [1.54, 1.807) is 18.4 Å². The number of nitrogens with two attached hydrogens (primary N) is 1. The van der Waals surface area contributed by atoms with Gasteiger partial charge in [-0.05, 0) is 37.6 Å². The smallest absolute Gasteiger partial charge is 0.162 e. The molecule has 0 aliphatic carbocycles. The van der Waals surface area contributed by atoms with Gasteiger partial charge >= 0.3 is 0 Å². The number of aromatic nitrogens is 1. The second kappa shape index (κ2) is 6.54. The Kier molecular flexibility index (Phi) is 4.76. The minimum atomic E-state index is 0.451. The Bertz CT molecular complexity index is 540. The van der Waals surface area contributed by atoms with Gasteiger partial charge in [-0.25, -0.2) is 4.98 Å². The average molecular weight is 278 g/mol. The van der Waals surface area contributed by atoms with Crippen LogP contribution in [0.5, 0.6) is 11.5 Å². The number of hydrogen-bond acceptors (Lipinski definition) is 5. The van der Waals surface area contributed by atoms with E-state index in [9.17, 15) is 0 Å². The van der Waals surface area contributed by atoms with Crippen LogP contribution in [-0.4, -0.2) is 18.6 Å². The SMILES string of the molecule is COc1ccc(CCN)cc1OCc1csc(C)n1. The Labute approximate surface area is 117 Å². The fourth-order valence-corrected chi connectivity index (χ4v) is 2.38. The van der Waals surface area contributed by atoms with Crippen LogP contribution in [0.15, 0.2) is 23.6 Å². The second-order valence-corrected chi connectivity index (χ2v) is 5.23. The highest BCUT2D eigenvalue weighted by molar-refractivity contribution is 7.09. The lowest BCUT2D eigenvalue weighted by atomic mass is 10.1. The van der Waals surface area contributed by atoms with Crippen LogP contribution in [0.1, 0.15) is 16.3 Å². The first kappa shape index (κ1) is 13.8. The maximum Gasteiger partial charge on any atom is 0.162 e. The number of thiazole rings is 1. The largest absolute Gasteiger partial charge is 0.493 e. The third-order valence-electron chi connectivity index (χ3n) is 2.70. The molecule has 2 aromatic rings. The maximum absolute atomic E-state index is 5.79. The highest BCUT2D eigenvalue weighted by Gasteiger charge is 2.07. The summed E-state index contributed by atoms with van der Waals surface area (Å²) >= 11 is 1.62. The summed E-state index contributed by atoms with van der Waals surface area (Å²) in [5.41, 5.74) is 7.65. The van der Waals surface area contributed by atoms with Crippen molar-refractivity contribution >= 4 is 11.3 Å². The number of rotatable bonds is 6. The normalized spacial score (nSPS) is 10.5. The number of aryl methyl sites for hydroxylation is 1. The first-order chi connectivity index (χ1) is 9.22. The van der Waals surface area contributed by atoms with Gasteiger partial charge in [-0.1, -0.05) is 6.07 Å². The Balaban J connectivity index is 2.10. The molecule has 0 spiro atoms. The van der Waals surface area contributed by atoms with Gasteiger partial charge in [0, 0.05) is 5.38 Å². The van der Waals surface area contributed by atoms with Crippen LogP contribution in [0.25, 0.3) is 0 Å². The van der Waals surface area contributed by atoms with Crippen molar-refractivity contribution in [3.05, 3.63) is 39.8 Å². The molecule has 0 saturated heterocycles. The predicted molar refractivity (Wildman–Crippen MR) is 76.9 cm³/mol. The van der Waals surface area contributed by atoms with Gasteiger partial charge in [0.25, 0.3) is 0 Å². The molecular formula is C14H18N2O2S. The zero-order chi connectivity index (χ0) is 13.7. The molecule has 0 fully saturated rings. The summed E-state index contributed by atoms with van der Waals surface area (Å²) in [7, 11) is 1.64. The summed E-state index contributed by atoms with van der Waals surface area (Å²) in [4.78, 5) is 4.37. The van der Waals surface area contributed by atoms with Gasteiger partial charge in [-0.2, -0.15) is 0 Å². The van der Waals surface area contributed by atoms with E-state index in [1.807, 2.05) is 30.5 Å². The Hall–Kier alpha value is -1.59. The Morgan fingerprint density at radius 1 is 1.32 bits per heavy atom. The minimum absolute atomic E-state index is 0.451. The van der Waals surface area contributed by atoms with Crippen molar-refractivity contribution in [3.8, 4) is 11.5 Å². The fourth-order valence-electron chi connectivity index (χ4n) is 1.78. The Morgan fingerprint density at radius 2 is 2.16 bits per heavy atom. The van der Waals surface area contributed by atoms with Crippen molar-refractivity contribution in [1.82, 2.24) is 4.98 Å². The number of benzene rings is 1. The third-order valence-corrected chi connectivity index (χ3v) is 3.53. The van der Waals surface area contributed by atoms with Crippen molar-refractivity contribution in [3.63, 3.8) is 0 Å². The lowest BCUT2D eigenvalue weighted by Crippen LogP contribution is -2.04. The number of hydrogen-bond donors (Lipinski definition) is 1. The second-order valence-electron chi connectivity index (χ2n) is 4.17. The van der Waals surface area contributed by atoms with E-state index in [0.717, 1.165) is 34.2 Å².